The van der Waals surface area contributed by atoms with Crippen molar-refractivity contribution < 1.29 is 4.79 Å². The molecule has 0 radical (unpaired) electrons. The first kappa shape index (κ1) is 9.39. The molecule has 0 N–H and O–H groups in total. The van der Waals surface area contributed by atoms with Gasteiger partial charge in [0.2, 0.25) is 0 Å². The van der Waals surface area contributed by atoms with Crippen molar-refractivity contribution in [3.05, 3.63) is 34.9 Å². The predicted octanol–water partition coefficient (Wildman–Crippen LogP) is 2.03. The highest BCUT2D eigenvalue weighted by Crippen LogP contribution is 2.12. The molecule has 1 aromatic rings. The lowest BCUT2D eigenvalue weighted by Crippen LogP contribution is -1.94. The average Bonchev–Trinajstić information content (AvgIpc) is 2.16. The van der Waals surface area contributed by atoms with Gasteiger partial charge in [-0.1, -0.05) is 11.8 Å². The smallest absolute Gasteiger partial charge is 0.253 e. The highest BCUT2D eigenvalue weighted by atomic mass is 35.5. The molecule has 0 aliphatic rings. The lowest BCUT2D eigenvalue weighted by Gasteiger charge is -1.98. The Balaban J connectivity index is 3.36. The SMILES string of the molecule is C#Cc1ccc(C(=O)Cl)c(C#C)c1. The molecule has 0 aliphatic carbocycles. The summed E-state index contributed by atoms with van der Waals surface area (Å²) in [7, 11) is 0. The van der Waals surface area contributed by atoms with Gasteiger partial charge < -0.3 is 0 Å². The number of hydrogen-bond donors (Lipinski definition) is 0. The summed E-state index contributed by atoms with van der Waals surface area (Å²) in [6.45, 7) is 0. The molecule has 1 aromatic carbocycles. The van der Waals surface area contributed by atoms with Gasteiger partial charge in [-0.15, -0.1) is 12.8 Å². The summed E-state index contributed by atoms with van der Waals surface area (Å²) in [6.07, 6.45) is 10.3. The number of carbonyl (C=O) groups is 1. The lowest BCUT2D eigenvalue weighted by molar-refractivity contribution is 0.108. The number of carbonyl (C=O) groups excluding carboxylic acids is 1. The molecule has 0 aliphatic heterocycles. The van der Waals surface area contributed by atoms with Crippen LogP contribution < -0.4 is 0 Å². The van der Waals surface area contributed by atoms with Crippen LogP contribution in [0.1, 0.15) is 21.5 Å². The van der Waals surface area contributed by atoms with Gasteiger partial charge in [-0.2, -0.15) is 0 Å². The van der Waals surface area contributed by atoms with E-state index >= 15 is 0 Å². The van der Waals surface area contributed by atoms with Crippen molar-refractivity contribution in [1.29, 1.82) is 0 Å². The number of benzene rings is 1. The van der Waals surface area contributed by atoms with Crippen molar-refractivity contribution in [3.8, 4) is 24.7 Å². The van der Waals surface area contributed by atoms with Crippen LogP contribution in [0.3, 0.4) is 0 Å². The van der Waals surface area contributed by atoms with Crippen LogP contribution in [0, 0.1) is 24.7 Å². The molecule has 2 heteroatoms. The zero-order valence-electron chi connectivity index (χ0n) is 6.67. The van der Waals surface area contributed by atoms with E-state index in [1.54, 1.807) is 12.1 Å². The van der Waals surface area contributed by atoms with Crippen molar-refractivity contribution in [1.82, 2.24) is 0 Å². The molecule has 0 fully saturated rings. The van der Waals surface area contributed by atoms with Crippen molar-refractivity contribution in [2.45, 2.75) is 0 Å². The van der Waals surface area contributed by atoms with Gasteiger partial charge in [0.1, 0.15) is 0 Å². The van der Waals surface area contributed by atoms with Gasteiger partial charge in [0.05, 0.1) is 0 Å². The molecule has 1 rings (SSSR count). The Morgan fingerprint density at radius 1 is 1.31 bits per heavy atom. The molecule has 0 aromatic heterocycles. The summed E-state index contributed by atoms with van der Waals surface area (Å²) in [4.78, 5) is 10.8. The van der Waals surface area contributed by atoms with E-state index < -0.39 is 5.24 Å². The van der Waals surface area contributed by atoms with E-state index in [2.05, 4.69) is 11.8 Å². The van der Waals surface area contributed by atoms with Gasteiger partial charge in [0.25, 0.3) is 5.24 Å². The number of rotatable bonds is 1. The molecule has 1 nitrogen and oxygen atoms in total. The van der Waals surface area contributed by atoms with Gasteiger partial charge >= 0.3 is 0 Å². The van der Waals surface area contributed by atoms with Crippen LogP contribution in [0.5, 0.6) is 0 Å². The first-order chi connectivity index (χ1) is 6.19. The minimum atomic E-state index is -0.573. The van der Waals surface area contributed by atoms with E-state index in [1.165, 1.54) is 6.07 Å². The first-order valence-corrected chi connectivity index (χ1v) is 3.84. The molecule has 0 atom stereocenters. The van der Waals surface area contributed by atoms with Crippen LogP contribution in [0.15, 0.2) is 18.2 Å². The van der Waals surface area contributed by atoms with Crippen LogP contribution in [0.25, 0.3) is 0 Å². The van der Waals surface area contributed by atoms with Crippen LogP contribution in [0.4, 0.5) is 0 Å². The number of hydrogen-bond acceptors (Lipinski definition) is 1. The largest absolute Gasteiger partial charge is 0.276 e. The molecule has 62 valence electrons. The Morgan fingerprint density at radius 3 is 2.46 bits per heavy atom. The molecule has 0 bridgehead atoms. The van der Waals surface area contributed by atoms with Gasteiger partial charge in [-0.05, 0) is 29.8 Å². The molecular formula is C11H5ClO. The minimum absolute atomic E-state index is 0.308. The van der Waals surface area contributed by atoms with Crippen LogP contribution >= 0.6 is 11.6 Å². The molecule has 0 unspecified atom stereocenters. The fraction of sp³-hybridized carbons (Fsp3) is 0. The average molecular weight is 189 g/mol. The van der Waals surface area contributed by atoms with Gasteiger partial charge in [-0.25, -0.2) is 0 Å². The summed E-state index contributed by atoms with van der Waals surface area (Å²) in [6, 6.07) is 4.73. The second kappa shape index (κ2) is 3.81. The zero-order chi connectivity index (χ0) is 9.84. The Hall–Kier alpha value is -1.70. The third kappa shape index (κ3) is 1.90. The maximum Gasteiger partial charge on any atom is 0.253 e. The van der Waals surface area contributed by atoms with Crippen molar-refractivity contribution >= 4 is 16.8 Å². The van der Waals surface area contributed by atoms with Crippen molar-refractivity contribution in [2.75, 3.05) is 0 Å². The fourth-order valence-corrected chi connectivity index (χ4v) is 1.09. The van der Waals surface area contributed by atoms with E-state index in [0.29, 0.717) is 16.7 Å². The third-order valence-corrected chi connectivity index (χ3v) is 1.76. The molecule has 13 heavy (non-hydrogen) atoms. The molecule has 0 heterocycles. The molecular weight excluding hydrogens is 184 g/mol. The first-order valence-electron chi connectivity index (χ1n) is 3.46. The summed E-state index contributed by atoms with van der Waals surface area (Å²) >= 11 is 5.30. The van der Waals surface area contributed by atoms with Gasteiger partial charge in [0.15, 0.2) is 0 Å². The monoisotopic (exact) mass is 188 g/mol. The van der Waals surface area contributed by atoms with Gasteiger partial charge in [0, 0.05) is 16.7 Å². The Bertz CT molecular complexity index is 432. The highest BCUT2D eigenvalue weighted by Gasteiger charge is 2.06. The highest BCUT2D eigenvalue weighted by molar-refractivity contribution is 6.68. The normalized spacial score (nSPS) is 8.54. The van der Waals surface area contributed by atoms with Gasteiger partial charge in [-0.3, -0.25) is 4.79 Å². The number of terminal acetylenes is 2. The summed E-state index contributed by atoms with van der Waals surface area (Å²) in [5.74, 6) is 4.77. The maximum atomic E-state index is 10.8. The topological polar surface area (TPSA) is 17.1 Å². The van der Waals surface area contributed by atoms with Crippen LogP contribution in [0.2, 0.25) is 0 Å². The Labute approximate surface area is 81.7 Å². The number of halogens is 1. The molecule has 0 spiro atoms. The maximum absolute atomic E-state index is 10.8. The third-order valence-electron chi connectivity index (χ3n) is 1.55. The molecule has 0 saturated heterocycles. The summed E-state index contributed by atoms with van der Waals surface area (Å²) < 4.78 is 0. The van der Waals surface area contributed by atoms with E-state index in [1.807, 2.05) is 0 Å². The molecule has 0 amide bonds. The van der Waals surface area contributed by atoms with Crippen molar-refractivity contribution in [2.24, 2.45) is 0 Å². The lowest BCUT2D eigenvalue weighted by atomic mass is 10.1. The second-order valence-electron chi connectivity index (χ2n) is 2.32. The molecule has 0 saturated carbocycles. The van der Waals surface area contributed by atoms with Crippen LogP contribution in [-0.2, 0) is 0 Å². The quantitative estimate of drug-likeness (QED) is 0.487. The standard InChI is InChI=1S/C11H5ClO/c1-3-8-5-6-10(11(12)13)9(4-2)7-8/h1-2,5-7H. The Kier molecular flexibility index (Phi) is 2.75. The van der Waals surface area contributed by atoms with E-state index in [9.17, 15) is 4.79 Å². The Morgan fingerprint density at radius 2 is 2.00 bits per heavy atom. The van der Waals surface area contributed by atoms with E-state index in [-0.39, 0.29) is 0 Å². The minimum Gasteiger partial charge on any atom is -0.276 e. The van der Waals surface area contributed by atoms with Crippen LogP contribution in [-0.4, -0.2) is 5.24 Å². The summed E-state index contributed by atoms with van der Waals surface area (Å²) in [5, 5.41) is -0.573. The zero-order valence-corrected chi connectivity index (χ0v) is 7.43. The van der Waals surface area contributed by atoms with E-state index in [4.69, 9.17) is 24.4 Å². The van der Waals surface area contributed by atoms with E-state index in [0.717, 1.165) is 0 Å². The predicted molar refractivity (Wildman–Crippen MR) is 52.5 cm³/mol. The van der Waals surface area contributed by atoms with Crippen molar-refractivity contribution in [3.63, 3.8) is 0 Å². The summed E-state index contributed by atoms with van der Waals surface area (Å²) in [5.41, 5.74) is 1.37. The fourth-order valence-electron chi connectivity index (χ4n) is 0.925. The second-order valence-corrected chi connectivity index (χ2v) is 2.67.